The van der Waals surface area contributed by atoms with E-state index >= 15 is 0 Å². The molecule has 0 aliphatic carbocycles. The lowest BCUT2D eigenvalue weighted by Crippen LogP contribution is -2.50. The molecule has 0 saturated heterocycles. The first-order chi connectivity index (χ1) is 16.6. The van der Waals surface area contributed by atoms with Gasteiger partial charge in [0.2, 0.25) is 0 Å². The molecule has 1 aliphatic rings. The lowest BCUT2D eigenvalue weighted by Gasteiger charge is -2.33. The van der Waals surface area contributed by atoms with E-state index in [1.54, 1.807) is 6.33 Å². The maximum absolute atomic E-state index is 13.3. The van der Waals surface area contributed by atoms with Crippen molar-refractivity contribution in [1.82, 2.24) is 14.5 Å². The van der Waals surface area contributed by atoms with Crippen molar-refractivity contribution in [2.24, 2.45) is 0 Å². The molecule has 1 unspecified atom stereocenters. The molecular formula is C27H24N4O3. The highest BCUT2D eigenvalue weighted by Gasteiger charge is 2.37. The van der Waals surface area contributed by atoms with Gasteiger partial charge in [-0.15, -0.1) is 0 Å². The number of hydrogen-bond acceptors (Lipinski definition) is 3. The molecule has 7 heteroatoms. The molecule has 2 amide bonds. The van der Waals surface area contributed by atoms with Crippen LogP contribution >= 0.6 is 0 Å². The van der Waals surface area contributed by atoms with Crippen LogP contribution < -0.4 is 5.32 Å². The van der Waals surface area contributed by atoms with E-state index in [1.807, 2.05) is 89.5 Å². The second-order valence-electron chi connectivity index (χ2n) is 8.28. The number of fused-ring (bicyclic) bond motifs is 1. The van der Waals surface area contributed by atoms with Gasteiger partial charge < -0.3 is 19.9 Å². The normalized spacial score (nSPS) is 14.9. The van der Waals surface area contributed by atoms with Crippen molar-refractivity contribution >= 4 is 17.7 Å². The molecule has 1 aromatic heterocycles. The number of anilines is 1. The first kappa shape index (κ1) is 21.5. The number of carbonyl (C=O) groups excluding carboxylic acids is 1. The zero-order valence-electron chi connectivity index (χ0n) is 18.5. The molecule has 2 N–H and O–H groups in total. The number of urea groups is 1. The number of aromatic nitrogens is 2. The third-order valence-corrected chi connectivity index (χ3v) is 6.11. The van der Waals surface area contributed by atoms with Crippen molar-refractivity contribution in [2.75, 3.05) is 5.32 Å². The fourth-order valence-electron chi connectivity index (χ4n) is 4.38. The zero-order valence-corrected chi connectivity index (χ0v) is 18.5. The average Bonchev–Trinajstić information content (AvgIpc) is 3.26. The summed E-state index contributed by atoms with van der Waals surface area (Å²) in [6.45, 7) is 0.736. The summed E-state index contributed by atoms with van der Waals surface area (Å²) >= 11 is 0. The van der Waals surface area contributed by atoms with E-state index in [4.69, 9.17) is 0 Å². The molecule has 0 spiro atoms. The standard InChI is InChI=1S/C27H24N4O3/c32-26(33)25-15-24-23(28-18-30(24)16-19-9-3-1-4-10-19)17-31(25)27(34)29-22-14-8-7-13-21(22)20-11-5-2-6-12-20/h1-14,18,25H,15-17H2,(H,29,34)(H,32,33). The lowest BCUT2D eigenvalue weighted by atomic mass is 10.0. The fraction of sp³-hybridized carbons (Fsp3) is 0.148. The maximum Gasteiger partial charge on any atom is 0.326 e. The number of benzene rings is 3. The van der Waals surface area contributed by atoms with E-state index < -0.39 is 18.0 Å². The van der Waals surface area contributed by atoms with E-state index in [1.165, 1.54) is 4.90 Å². The highest BCUT2D eigenvalue weighted by atomic mass is 16.4. The van der Waals surface area contributed by atoms with Gasteiger partial charge in [0, 0.05) is 24.2 Å². The van der Waals surface area contributed by atoms with Crippen LogP contribution in [-0.4, -0.2) is 37.6 Å². The number of nitrogens with zero attached hydrogens (tertiary/aromatic N) is 3. The molecule has 0 saturated carbocycles. The average molecular weight is 453 g/mol. The second-order valence-corrected chi connectivity index (χ2v) is 8.28. The van der Waals surface area contributed by atoms with E-state index in [0.29, 0.717) is 12.2 Å². The highest BCUT2D eigenvalue weighted by molar-refractivity contribution is 5.96. The molecule has 4 aromatic rings. The van der Waals surface area contributed by atoms with Gasteiger partial charge in [-0.3, -0.25) is 0 Å². The number of hydrogen-bond donors (Lipinski definition) is 2. The largest absolute Gasteiger partial charge is 0.480 e. The minimum atomic E-state index is -1.04. The quantitative estimate of drug-likeness (QED) is 0.462. The number of amides is 2. The minimum absolute atomic E-state index is 0.132. The van der Waals surface area contributed by atoms with Crippen LogP contribution in [0.4, 0.5) is 10.5 Å². The monoisotopic (exact) mass is 452 g/mol. The molecule has 170 valence electrons. The Kier molecular flexibility index (Phi) is 5.82. The Bertz CT molecular complexity index is 1320. The van der Waals surface area contributed by atoms with Crippen molar-refractivity contribution < 1.29 is 14.7 Å². The van der Waals surface area contributed by atoms with Crippen molar-refractivity contribution in [3.05, 3.63) is 108 Å². The summed E-state index contributed by atoms with van der Waals surface area (Å²) in [5, 5.41) is 12.9. The molecule has 3 aromatic carbocycles. The number of aliphatic carboxylic acids is 1. The Morgan fingerprint density at radius 2 is 1.62 bits per heavy atom. The Morgan fingerprint density at radius 1 is 0.941 bits per heavy atom. The van der Waals surface area contributed by atoms with Crippen LogP contribution in [-0.2, 0) is 24.3 Å². The Morgan fingerprint density at radius 3 is 2.35 bits per heavy atom. The predicted molar refractivity (Wildman–Crippen MR) is 129 cm³/mol. The number of carbonyl (C=O) groups is 2. The summed E-state index contributed by atoms with van der Waals surface area (Å²) in [6, 6.07) is 25.7. The summed E-state index contributed by atoms with van der Waals surface area (Å²) in [5.41, 5.74) is 5.14. The van der Waals surface area contributed by atoms with Crippen LogP contribution in [0.15, 0.2) is 91.3 Å². The Labute approximate surface area is 197 Å². The van der Waals surface area contributed by atoms with Gasteiger partial charge in [0.15, 0.2) is 0 Å². The Hall–Kier alpha value is -4.39. The molecule has 5 rings (SSSR count). The van der Waals surface area contributed by atoms with Gasteiger partial charge in [0.1, 0.15) is 6.04 Å². The van der Waals surface area contributed by atoms with Crippen LogP contribution in [0, 0.1) is 0 Å². The van der Waals surface area contributed by atoms with Gasteiger partial charge in [-0.25, -0.2) is 14.6 Å². The number of nitrogens with one attached hydrogen (secondary N) is 1. The molecule has 34 heavy (non-hydrogen) atoms. The summed E-state index contributed by atoms with van der Waals surface area (Å²) in [7, 11) is 0. The molecule has 1 atom stereocenters. The number of carboxylic acid groups (broad SMARTS) is 1. The smallest absolute Gasteiger partial charge is 0.326 e. The minimum Gasteiger partial charge on any atom is -0.480 e. The maximum atomic E-state index is 13.3. The van der Waals surface area contributed by atoms with Crippen LogP contribution in [0.3, 0.4) is 0 Å². The van der Waals surface area contributed by atoms with Crippen LogP contribution in [0.5, 0.6) is 0 Å². The van der Waals surface area contributed by atoms with Gasteiger partial charge in [0.05, 0.1) is 24.3 Å². The Balaban J connectivity index is 1.40. The van der Waals surface area contributed by atoms with E-state index in [0.717, 1.165) is 28.1 Å². The van der Waals surface area contributed by atoms with Crippen molar-refractivity contribution in [3.63, 3.8) is 0 Å². The van der Waals surface area contributed by atoms with Gasteiger partial charge in [0.25, 0.3) is 0 Å². The number of rotatable bonds is 5. The number of para-hydroxylation sites is 1. The number of carboxylic acids is 1. The summed E-state index contributed by atoms with van der Waals surface area (Å²) in [4.78, 5) is 31.3. The van der Waals surface area contributed by atoms with Crippen molar-refractivity contribution in [2.45, 2.75) is 25.6 Å². The first-order valence-electron chi connectivity index (χ1n) is 11.1. The third kappa shape index (κ3) is 4.28. The fourth-order valence-corrected chi connectivity index (χ4v) is 4.38. The SMILES string of the molecule is O=C(O)C1Cc2c(ncn2Cc2ccccc2)CN1C(=O)Nc1ccccc1-c1ccccc1. The molecule has 0 bridgehead atoms. The van der Waals surface area contributed by atoms with E-state index in [9.17, 15) is 14.7 Å². The van der Waals surface area contributed by atoms with E-state index in [-0.39, 0.29) is 13.0 Å². The van der Waals surface area contributed by atoms with Gasteiger partial charge in [-0.2, -0.15) is 0 Å². The lowest BCUT2D eigenvalue weighted by molar-refractivity contribution is -0.142. The van der Waals surface area contributed by atoms with Crippen molar-refractivity contribution in [1.29, 1.82) is 0 Å². The zero-order chi connectivity index (χ0) is 23.5. The van der Waals surface area contributed by atoms with Crippen LogP contribution in [0.2, 0.25) is 0 Å². The highest BCUT2D eigenvalue weighted by Crippen LogP contribution is 2.29. The molecule has 7 nitrogen and oxygen atoms in total. The topological polar surface area (TPSA) is 87.5 Å². The third-order valence-electron chi connectivity index (χ3n) is 6.11. The molecule has 0 radical (unpaired) electrons. The van der Waals surface area contributed by atoms with Crippen molar-refractivity contribution in [3.8, 4) is 11.1 Å². The summed E-state index contributed by atoms with van der Waals surface area (Å²) in [5.74, 6) is -1.04. The van der Waals surface area contributed by atoms with Crippen LogP contribution in [0.25, 0.3) is 11.1 Å². The summed E-state index contributed by atoms with van der Waals surface area (Å²) in [6.07, 6.45) is 1.92. The molecular weight excluding hydrogens is 428 g/mol. The van der Waals surface area contributed by atoms with Crippen LogP contribution in [0.1, 0.15) is 17.0 Å². The molecule has 1 aliphatic heterocycles. The second kappa shape index (κ2) is 9.23. The summed E-state index contributed by atoms with van der Waals surface area (Å²) < 4.78 is 1.97. The van der Waals surface area contributed by atoms with E-state index in [2.05, 4.69) is 10.3 Å². The van der Waals surface area contributed by atoms with Gasteiger partial charge >= 0.3 is 12.0 Å². The van der Waals surface area contributed by atoms with Gasteiger partial charge in [-0.1, -0.05) is 78.9 Å². The van der Waals surface area contributed by atoms with Gasteiger partial charge in [-0.05, 0) is 17.2 Å². The first-order valence-corrected chi connectivity index (χ1v) is 11.1. The predicted octanol–water partition coefficient (Wildman–Crippen LogP) is 4.64. The number of imidazole rings is 1. The molecule has 2 heterocycles. The molecule has 0 fully saturated rings.